The predicted octanol–water partition coefficient (Wildman–Crippen LogP) is 2.91. The van der Waals surface area contributed by atoms with E-state index >= 15 is 0 Å². The van der Waals surface area contributed by atoms with E-state index in [9.17, 15) is 4.79 Å². The van der Waals surface area contributed by atoms with Gasteiger partial charge >= 0.3 is 0 Å². The molecule has 1 rings (SSSR count). The molecular weight excluding hydrogens is 276 g/mol. The summed E-state index contributed by atoms with van der Waals surface area (Å²) in [5, 5.41) is 6.09. The normalized spacial score (nSPS) is 12.2. The average Bonchev–Trinajstić information content (AvgIpc) is 2.50. The second-order valence-corrected chi connectivity index (χ2v) is 5.85. The van der Waals surface area contributed by atoms with Gasteiger partial charge in [-0.2, -0.15) is 0 Å². The molecule has 2 N–H and O–H groups in total. The molecule has 0 bridgehead atoms. The fraction of sp³-hybridized carbons (Fsp3) is 0.611. The van der Waals surface area contributed by atoms with E-state index in [-0.39, 0.29) is 18.1 Å². The summed E-state index contributed by atoms with van der Waals surface area (Å²) in [4.78, 5) is 12.2. The van der Waals surface area contributed by atoms with Gasteiger partial charge in [0.15, 0.2) is 0 Å². The topological polar surface area (TPSA) is 50.4 Å². The van der Waals surface area contributed by atoms with Crippen LogP contribution < -0.4 is 15.4 Å². The van der Waals surface area contributed by atoms with Gasteiger partial charge in [-0.3, -0.25) is 4.79 Å². The number of hydrogen-bond donors (Lipinski definition) is 2. The van der Waals surface area contributed by atoms with Gasteiger partial charge in [0, 0.05) is 6.54 Å². The molecule has 0 heterocycles. The van der Waals surface area contributed by atoms with Crippen LogP contribution >= 0.6 is 0 Å². The smallest absolute Gasteiger partial charge is 0.237 e. The van der Waals surface area contributed by atoms with E-state index in [0.717, 1.165) is 37.1 Å². The Morgan fingerprint density at radius 2 is 1.86 bits per heavy atom. The third kappa shape index (κ3) is 6.94. The van der Waals surface area contributed by atoms with E-state index in [1.165, 1.54) is 0 Å². The number of hydrogen-bond acceptors (Lipinski definition) is 3. The van der Waals surface area contributed by atoms with Crippen LogP contribution in [-0.2, 0) is 11.2 Å². The highest BCUT2D eigenvalue weighted by Gasteiger charge is 2.16. The van der Waals surface area contributed by atoms with E-state index in [1.54, 1.807) is 0 Å². The van der Waals surface area contributed by atoms with Crippen LogP contribution in [0, 0.1) is 0 Å². The number of carbonyl (C=O) groups is 1. The third-order valence-electron chi connectivity index (χ3n) is 3.48. The number of amides is 1. The van der Waals surface area contributed by atoms with E-state index in [0.29, 0.717) is 6.42 Å². The number of unbranched alkanes of at least 4 members (excludes halogenated alkanes) is 2. The zero-order valence-electron chi connectivity index (χ0n) is 14.3. The lowest BCUT2D eigenvalue weighted by Crippen LogP contribution is -2.44. The molecule has 4 nitrogen and oxygen atoms in total. The van der Waals surface area contributed by atoms with Crippen molar-refractivity contribution in [3.05, 3.63) is 29.8 Å². The largest absolute Gasteiger partial charge is 0.491 e. The Balaban J connectivity index is 2.49. The van der Waals surface area contributed by atoms with Crippen molar-refractivity contribution in [2.24, 2.45) is 0 Å². The first-order valence-corrected chi connectivity index (χ1v) is 8.27. The SMILES string of the molecule is CCCCCNC(=O)C(Cc1ccc(OC(C)C)cc1)NC. The standard InChI is InChI=1S/C18H30N2O2/c1-5-6-7-12-20-18(21)17(19-4)13-15-8-10-16(11-9-15)22-14(2)3/h8-11,14,17,19H,5-7,12-13H2,1-4H3,(H,20,21). The summed E-state index contributed by atoms with van der Waals surface area (Å²) >= 11 is 0. The summed E-state index contributed by atoms with van der Waals surface area (Å²) in [6.07, 6.45) is 4.21. The Kier molecular flexibility index (Phi) is 8.60. The maximum atomic E-state index is 12.2. The molecule has 0 spiro atoms. The van der Waals surface area contributed by atoms with Gasteiger partial charge in [-0.15, -0.1) is 0 Å². The molecular formula is C18H30N2O2. The minimum Gasteiger partial charge on any atom is -0.491 e. The van der Waals surface area contributed by atoms with Gasteiger partial charge < -0.3 is 15.4 Å². The van der Waals surface area contributed by atoms with Gasteiger partial charge in [-0.1, -0.05) is 31.9 Å². The van der Waals surface area contributed by atoms with Crippen LogP contribution in [0.4, 0.5) is 0 Å². The van der Waals surface area contributed by atoms with E-state index < -0.39 is 0 Å². The van der Waals surface area contributed by atoms with Gasteiger partial charge in [0.25, 0.3) is 0 Å². The fourth-order valence-corrected chi connectivity index (χ4v) is 2.25. The van der Waals surface area contributed by atoms with Crippen LogP contribution in [0.15, 0.2) is 24.3 Å². The summed E-state index contributed by atoms with van der Waals surface area (Å²) in [7, 11) is 1.83. The number of nitrogens with one attached hydrogen (secondary N) is 2. The number of rotatable bonds is 10. The first-order chi connectivity index (χ1) is 10.6. The highest BCUT2D eigenvalue weighted by Crippen LogP contribution is 2.15. The van der Waals surface area contributed by atoms with Crippen LogP contribution in [0.3, 0.4) is 0 Å². The maximum Gasteiger partial charge on any atom is 0.237 e. The Labute approximate surface area is 134 Å². The average molecular weight is 306 g/mol. The van der Waals surface area contributed by atoms with Crippen LogP contribution in [0.2, 0.25) is 0 Å². The zero-order valence-corrected chi connectivity index (χ0v) is 14.3. The van der Waals surface area contributed by atoms with Gasteiger partial charge in [0.2, 0.25) is 5.91 Å². The molecule has 0 aromatic heterocycles. The molecule has 0 saturated heterocycles. The molecule has 0 radical (unpaired) electrons. The molecule has 0 saturated carbocycles. The van der Waals surface area contributed by atoms with E-state index in [4.69, 9.17) is 4.74 Å². The minimum absolute atomic E-state index is 0.0705. The first kappa shape index (κ1) is 18.5. The molecule has 0 aliphatic rings. The predicted molar refractivity (Wildman–Crippen MR) is 91.3 cm³/mol. The van der Waals surface area contributed by atoms with Crippen molar-refractivity contribution >= 4 is 5.91 Å². The second kappa shape index (κ2) is 10.2. The molecule has 1 unspecified atom stereocenters. The first-order valence-electron chi connectivity index (χ1n) is 8.27. The zero-order chi connectivity index (χ0) is 16.4. The lowest BCUT2D eigenvalue weighted by atomic mass is 10.1. The summed E-state index contributed by atoms with van der Waals surface area (Å²) in [6.45, 7) is 6.93. The van der Waals surface area contributed by atoms with Crippen LogP contribution in [0.1, 0.15) is 45.6 Å². The molecule has 0 aliphatic carbocycles. The number of benzene rings is 1. The molecule has 4 heteroatoms. The van der Waals surface area contributed by atoms with E-state index in [1.807, 2.05) is 45.2 Å². The van der Waals surface area contributed by atoms with Gasteiger partial charge in [-0.25, -0.2) is 0 Å². The Hall–Kier alpha value is -1.55. The molecule has 1 atom stereocenters. The van der Waals surface area contributed by atoms with E-state index in [2.05, 4.69) is 17.6 Å². The molecule has 0 aliphatic heterocycles. The quantitative estimate of drug-likeness (QED) is 0.654. The number of likely N-dealkylation sites (N-methyl/N-ethyl adjacent to an activating group) is 1. The van der Waals surface area contributed by atoms with Crippen molar-refractivity contribution in [3.8, 4) is 5.75 Å². The van der Waals surface area contributed by atoms with Crippen LogP contribution in [0.25, 0.3) is 0 Å². The Bertz CT molecular complexity index is 429. The highest BCUT2D eigenvalue weighted by atomic mass is 16.5. The molecule has 1 aromatic rings. The van der Waals surface area contributed by atoms with Gasteiger partial charge in [-0.05, 0) is 51.4 Å². The Morgan fingerprint density at radius 3 is 2.41 bits per heavy atom. The van der Waals surface area contributed by atoms with Crippen molar-refractivity contribution in [1.29, 1.82) is 0 Å². The second-order valence-electron chi connectivity index (χ2n) is 5.85. The molecule has 1 amide bonds. The molecule has 22 heavy (non-hydrogen) atoms. The molecule has 0 fully saturated rings. The fourth-order valence-electron chi connectivity index (χ4n) is 2.25. The summed E-state index contributed by atoms with van der Waals surface area (Å²) in [5.74, 6) is 0.935. The monoisotopic (exact) mass is 306 g/mol. The van der Waals surface area contributed by atoms with Gasteiger partial charge in [0.1, 0.15) is 5.75 Å². The van der Waals surface area contributed by atoms with Crippen molar-refractivity contribution in [2.45, 2.75) is 58.6 Å². The summed E-state index contributed by atoms with van der Waals surface area (Å²) < 4.78 is 5.63. The molecule has 1 aromatic carbocycles. The molecule has 124 valence electrons. The van der Waals surface area contributed by atoms with Crippen LogP contribution in [0.5, 0.6) is 5.75 Å². The third-order valence-corrected chi connectivity index (χ3v) is 3.48. The summed E-state index contributed by atoms with van der Waals surface area (Å²) in [6, 6.07) is 7.76. The van der Waals surface area contributed by atoms with Crippen LogP contribution in [-0.4, -0.2) is 31.6 Å². The van der Waals surface area contributed by atoms with Crippen molar-refractivity contribution < 1.29 is 9.53 Å². The van der Waals surface area contributed by atoms with Crippen molar-refractivity contribution in [2.75, 3.05) is 13.6 Å². The minimum atomic E-state index is -0.196. The summed E-state index contributed by atoms with van der Waals surface area (Å²) in [5.41, 5.74) is 1.12. The van der Waals surface area contributed by atoms with Gasteiger partial charge in [0.05, 0.1) is 12.1 Å². The lowest BCUT2D eigenvalue weighted by Gasteiger charge is -2.16. The van der Waals surface area contributed by atoms with Crippen molar-refractivity contribution in [1.82, 2.24) is 10.6 Å². The van der Waals surface area contributed by atoms with Crippen molar-refractivity contribution in [3.63, 3.8) is 0 Å². The number of carbonyl (C=O) groups excluding carboxylic acids is 1. The lowest BCUT2D eigenvalue weighted by molar-refractivity contribution is -0.123. The Morgan fingerprint density at radius 1 is 1.18 bits per heavy atom. The maximum absolute atomic E-state index is 12.2. The highest BCUT2D eigenvalue weighted by molar-refractivity contribution is 5.82. The number of ether oxygens (including phenoxy) is 1.